The van der Waals surface area contributed by atoms with E-state index in [1.807, 2.05) is 0 Å². The van der Waals surface area contributed by atoms with Crippen molar-refractivity contribution in [3.8, 4) is 0 Å². The lowest BCUT2D eigenvalue weighted by atomic mass is 9.97. The van der Waals surface area contributed by atoms with E-state index in [4.69, 9.17) is 10.8 Å². The van der Waals surface area contributed by atoms with Gasteiger partial charge in [-0.3, -0.25) is 19.3 Å². The van der Waals surface area contributed by atoms with Crippen LogP contribution in [-0.2, 0) is 25.8 Å². The van der Waals surface area contributed by atoms with Crippen LogP contribution in [0.1, 0.15) is 12.6 Å². The second-order valence-electron chi connectivity index (χ2n) is 5.61. The third-order valence-electron chi connectivity index (χ3n) is 3.78. The van der Waals surface area contributed by atoms with E-state index in [2.05, 4.69) is 35.7 Å². The molecule has 148 valence electrons. The highest BCUT2D eigenvalue weighted by molar-refractivity contribution is 7.13. The number of carboxylic acid groups (broad SMARTS) is 1. The van der Waals surface area contributed by atoms with Crippen molar-refractivity contribution in [1.29, 1.82) is 0 Å². The van der Waals surface area contributed by atoms with Crippen LogP contribution in [-0.4, -0.2) is 73.0 Å². The van der Waals surface area contributed by atoms with E-state index in [1.54, 1.807) is 6.92 Å². The van der Waals surface area contributed by atoms with Gasteiger partial charge >= 0.3 is 5.97 Å². The summed E-state index contributed by atoms with van der Waals surface area (Å²) in [5.41, 5.74) is 5.66. The summed E-state index contributed by atoms with van der Waals surface area (Å²) >= 11 is 1.13. The number of hydrogen-bond donors (Lipinski definition) is 3. The van der Waals surface area contributed by atoms with Gasteiger partial charge in [-0.25, -0.2) is 4.98 Å². The molecule has 1 fully saturated rings. The van der Waals surface area contributed by atoms with Gasteiger partial charge in [0, 0.05) is 5.38 Å². The molecule has 0 saturated carbocycles. The normalized spacial score (nSPS) is 19.3. The van der Waals surface area contributed by atoms with Crippen molar-refractivity contribution in [2.75, 3.05) is 17.7 Å². The molecule has 2 amide bonds. The number of aliphatic carboxylic acids is 1. The van der Waals surface area contributed by atoms with Crippen molar-refractivity contribution in [2.45, 2.75) is 25.6 Å². The van der Waals surface area contributed by atoms with Gasteiger partial charge in [0.05, 0.1) is 6.04 Å². The van der Waals surface area contributed by atoms with Crippen molar-refractivity contribution < 1.29 is 24.3 Å². The zero-order valence-corrected chi connectivity index (χ0v) is 15.5. The molecule has 15 heteroatoms. The number of carboxylic acids is 1. The largest absolute Gasteiger partial charge is 0.480 e. The number of nitrogens with zero attached hydrogens (tertiary/aromatic N) is 7. The Kier molecular flexibility index (Phi) is 5.16. The first-order valence-electron chi connectivity index (χ1n) is 7.78. The summed E-state index contributed by atoms with van der Waals surface area (Å²) in [7, 11) is 1.27. The molecular weight excluding hydrogens is 394 g/mol. The Morgan fingerprint density at radius 2 is 2.25 bits per heavy atom. The highest BCUT2D eigenvalue weighted by Crippen LogP contribution is 2.24. The molecule has 2 aromatic rings. The summed E-state index contributed by atoms with van der Waals surface area (Å²) in [6.07, 6.45) is 0. The van der Waals surface area contributed by atoms with Gasteiger partial charge in [0.15, 0.2) is 17.4 Å². The molecule has 1 saturated heterocycles. The Bertz CT molecular complexity index is 954. The fourth-order valence-electron chi connectivity index (χ4n) is 2.51. The third kappa shape index (κ3) is 3.59. The number of anilines is 2. The van der Waals surface area contributed by atoms with Crippen molar-refractivity contribution in [2.24, 2.45) is 5.16 Å². The first-order chi connectivity index (χ1) is 13.3. The summed E-state index contributed by atoms with van der Waals surface area (Å²) in [4.78, 5) is 46.3. The summed E-state index contributed by atoms with van der Waals surface area (Å²) in [5, 5.41) is 27.8. The number of thiazole rings is 1. The zero-order valence-electron chi connectivity index (χ0n) is 14.6. The number of oxime groups is 1. The minimum atomic E-state index is -1.15. The second kappa shape index (κ2) is 7.55. The van der Waals surface area contributed by atoms with Crippen LogP contribution in [0.15, 0.2) is 10.5 Å². The number of carbonyl (C=O) groups excluding carboxylic acids is 2. The number of β-lactam (4-membered cyclic amide) rings is 1. The standard InChI is InChI=1S/C13H15N9O5S/c1-5-8(11(26)22(5)13-17-20-21(18-13)3-7(23)24)16-10(25)9(19-27-2)6-4-28-12(14)15-6/h4-5,8H,3H2,1-2H3,(H2,14,15)(H,16,25)(H,23,24). The van der Waals surface area contributed by atoms with E-state index in [0.717, 1.165) is 16.1 Å². The molecule has 2 aromatic heterocycles. The number of hydrogen-bond acceptors (Lipinski definition) is 11. The molecule has 1 aliphatic rings. The number of amides is 2. The molecular formula is C13H15N9O5S. The van der Waals surface area contributed by atoms with Gasteiger partial charge in [-0.1, -0.05) is 10.3 Å². The van der Waals surface area contributed by atoms with E-state index < -0.39 is 36.4 Å². The number of aromatic nitrogens is 5. The highest BCUT2D eigenvalue weighted by atomic mass is 32.1. The SMILES string of the molecule is CON=C(C(=O)NC1C(=O)N(c2nnn(CC(=O)O)n2)C1C)c1csc(N)n1. The van der Waals surface area contributed by atoms with Gasteiger partial charge in [-0.15, -0.1) is 16.4 Å². The molecule has 2 atom stereocenters. The topological polar surface area (TPSA) is 191 Å². The van der Waals surface area contributed by atoms with Gasteiger partial charge in [0.25, 0.3) is 17.8 Å². The Morgan fingerprint density at radius 1 is 1.50 bits per heavy atom. The first-order valence-corrected chi connectivity index (χ1v) is 8.65. The Balaban J connectivity index is 1.69. The zero-order chi connectivity index (χ0) is 20.4. The third-order valence-corrected chi connectivity index (χ3v) is 4.45. The minimum Gasteiger partial charge on any atom is -0.480 e. The van der Waals surface area contributed by atoms with Crippen LogP contribution >= 0.6 is 11.3 Å². The van der Waals surface area contributed by atoms with Gasteiger partial charge in [0.2, 0.25) is 0 Å². The quantitative estimate of drug-likeness (QED) is 0.263. The van der Waals surface area contributed by atoms with E-state index in [-0.39, 0.29) is 22.5 Å². The van der Waals surface area contributed by atoms with Gasteiger partial charge < -0.3 is 21.0 Å². The van der Waals surface area contributed by atoms with E-state index in [0.29, 0.717) is 0 Å². The summed E-state index contributed by atoms with van der Waals surface area (Å²) in [6.45, 7) is 1.18. The van der Waals surface area contributed by atoms with Gasteiger partial charge in [0.1, 0.15) is 18.8 Å². The minimum absolute atomic E-state index is 0.0534. The number of carbonyl (C=O) groups is 3. The molecule has 1 aliphatic heterocycles. The molecule has 0 radical (unpaired) electrons. The number of rotatable bonds is 7. The lowest BCUT2D eigenvalue weighted by molar-refractivity contribution is -0.138. The molecule has 3 rings (SSSR count). The van der Waals surface area contributed by atoms with Crippen LogP contribution in [0, 0.1) is 0 Å². The van der Waals surface area contributed by atoms with Crippen LogP contribution < -0.4 is 16.0 Å². The first kappa shape index (κ1) is 19.2. The summed E-state index contributed by atoms with van der Waals surface area (Å²) < 4.78 is 0. The molecule has 0 aromatic carbocycles. The lowest BCUT2D eigenvalue weighted by Crippen LogP contribution is -2.70. The van der Waals surface area contributed by atoms with E-state index in [1.165, 1.54) is 17.4 Å². The smallest absolute Gasteiger partial charge is 0.327 e. The van der Waals surface area contributed by atoms with Crippen molar-refractivity contribution in [1.82, 2.24) is 30.5 Å². The average Bonchev–Trinajstić information content (AvgIpc) is 3.26. The van der Waals surface area contributed by atoms with Gasteiger partial charge in [-0.05, 0) is 12.1 Å². The Labute approximate surface area is 161 Å². The number of nitrogens with two attached hydrogens (primary N) is 1. The fraction of sp³-hybridized carbons (Fsp3) is 0.385. The predicted molar refractivity (Wildman–Crippen MR) is 94.4 cm³/mol. The van der Waals surface area contributed by atoms with Crippen molar-refractivity contribution in [3.63, 3.8) is 0 Å². The molecule has 0 aliphatic carbocycles. The van der Waals surface area contributed by atoms with Crippen LogP contribution in [0.4, 0.5) is 11.1 Å². The van der Waals surface area contributed by atoms with Crippen LogP contribution in [0.5, 0.6) is 0 Å². The molecule has 0 bridgehead atoms. The number of nitrogen functional groups attached to an aromatic ring is 1. The molecule has 0 spiro atoms. The molecule has 2 unspecified atom stereocenters. The second-order valence-corrected chi connectivity index (χ2v) is 6.50. The summed E-state index contributed by atoms with van der Waals surface area (Å²) in [6, 6.07) is -1.36. The molecule has 3 heterocycles. The summed E-state index contributed by atoms with van der Waals surface area (Å²) in [5.74, 6) is -2.35. The maximum atomic E-state index is 12.5. The Hall–Kier alpha value is -3.62. The van der Waals surface area contributed by atoms with E-state index in [9.17, 15) is 14.4 Å². The number of nitrogens with one attached hydrogen (secondary N) is 1. The van der Waals surface area contributed by atoms with Crippen molar-refractivity contribution in [3.05, 3.63) is 11.1 Å². The van der Waals surface area contributed by atoms with Crippen LogP contribution in [0.3, 0.4) is 0 Å². The van der Waals surface area contributed by atoms with Crippen molar-refractivity contribution >= 4 is 45.9 Å². The monoisotopic (exact) mass is 409 g/mol. The van der Waals surface area contributed by atoms with Crippen LogP contribution in [0.2, 0.25) is 0 Å². The van der Waals surface area contributed by atoms with Gasteiger partial charge in [-0.2, -0.15) is 4.80 Å². The van der Waals surface area contributed by atoms with Crippen LogP contribution in [0.25, 0.3) is 0 Å². The molecule has 4 N–H and O–H groups in total. The average molecular weight is 409 g/mol. The maximum absolute atomic E-state index is 12.5. The van der Waals surface area contributed by atoms with E-state index >= 15 is 0 Å². The fourth-order valence-corrected chi connectivity index (χ4v) is 3.06. The molecule has 14 nitrogen and oxygen atoms in total. The maximum Gasteiger partial charge on any atom is 0.327 e. The lowest BCUT2D eigenvalue weighted by Gasteiger charge is -2.42. The Morgan fingerprint density at radius 3 is 2.82 bits per heavy atom. The molecule has 28 heavy (non-hydrogen) atoms. The number of tetrazole rings is 1. The highest BCUT2D eigenvalue weighted by Gasteiger charge is 2.48. The predicted octanol–water partition coefficient (Wildman–Crippen LogP) is -1.93.